The molecule has 1 N–H and O–H groups in total. The molecule has 2 aromatic heterocycles. The van der Waals surface area contributed by atoms with E-state index in [1.807, 2.05) is 18.2 Å². The third-order valence-electron chi connectivity index (χ3n) is 3.44. The van der Waals surface area contributed by atoms with Crippen molar-refractivity contribution in [3.05, 3.63) is 60.2 Å². The van der Waals surface area contributed by atoms with Crippen LogP contribution in [0.2, 0.25) is 0 Å². The van der Waals surface area contributed by atoms with Gasteiger partial charge in [-0.3, -0.25) is 4.98 Å². The van der Waals surface area contributed by atoms with Crippen LogP contribution < -0.4 is 10.1 Å². The molecule has 0 saturated carbocycles. The first-order chi connectivity index (χ1) is 11.3. The topological polar surface area (TPSA) is 47.0 Å². The molecule has 0 radical (unpaired) electrons. The molecule has 23 heavy (non-hydrogen) atoms. The van der Waals surface area contributed by atoms with Crippen molar-refractivity contribution in [2.45, 2.75) is 19.9 Å². The molecule has 1 aromatic carbocycles. The fourth-order valence-corrected chi connectivity index (χ4v) is 2.28. The molecule has 0 amide bonds. The molecule has 5 heteroatoms. The van der Waals surface area contributed by atoms with Crippen molar-refractivity contribution < 1.29 is 9.13 Å². The van der Waals surface area contributed by atoms with Gasteiger partial charge >= 0.3 is 0 Å². The number of ether oxygens (including phenoxy) is 1. The second-order valence-corrected chi connectivity index (χ2v) is 5.23. The first-order valence-electron chi connectivity index (χ1n) is 7.62. The maximum Gasteiger partial charge on any atom is 0.213 e. The molecule has 0 saturated heterocycles. The summed E-state index contributed by atoms with van der Waals surface area (Å²) in [6.45, 7) is 3.35. The van der Waals surface area contributed by atoms with Crippen LogP contribution in [-0.4, -0.2) is 16.6 Å². The second kappa shape index (κ2) is 7.05. The molecular weight excluding hydrogens is 293 g/mol. The van der Waals surface area contributed by atoms with E-state index in [0.29, 0.717) is 24.5 Å². The molecule has 0 unspecified atom stereocenters. The van der Waals surface area contributed by atoms with Crippen molar-refractivity contribution in [1.29, 1.82) is 0 Å². The number of benzene rings is 1. The molecule has 0 aliphatic carbocycles. The predicted molar refractivity (Wildman–Crippen MR) is 89.1 cm³/mol. The molecular formula is C18H18FN3O. The van der Waals surface area contributed by atoms with Gasteiger partial charge in [-0.1, -0.05) is 13.0 Å². The van der Waals surface area contributed by atoms with Gasteiger partial charge in [0.2, 0.25) is 5.88 Å². The minimum atomic E-state index is -0.283. The van der Waals surface area contributed by atoms with Crippen LogP contribution in [0.4, 0.5) is 10.1 Å². The highest BCUT2D eigenvalue weighted by atomic mass is 19.1. The highest BCUT2D eigenvalue weighted by Gasteiger charge is 2.03. The average molecular weight is 311 g/mol. The fraction of sp³-hybridized carbons (Fsp3) is 0.222. The van der Waals surface area contributed by atoms with Gasteiger partial charge in [0.15, 0.2) is 0 Å². The number of nitrogens with one attached hydrogen (secondary N) is 1. The van der Waals surface area contributed by atoms with Crippen LogP contribution >= 0.6 is 0 Å². The molecule has 3 aromatic rings. The monoisotopic (exact) mass is 311 g/mol. The Morgan fingerprint density at radius 1 is 1.13 bits per heavy atom. The Labute approximate surface area is 134 Å². The summed E-state index contributed by atoms with van der Waals surface area (Å²) in [6, 6.07) is 10.3. The molecule has 0 atom stereocenters. The van der Waals surface area contributed by atoms with Crippen molar-refractivity contribution in [2.24, 2.45) is 0 Å². The number of anilines is 1. The lowest BCUT2D eigenvalue weighted by molar-refractivity contribution is 0.305. The van der Waals surface area contributed by atoms with Crippen LogP contribution in [0.15, 0.2) is 48.8 Å². The Kier molecular flexibility index (Phi) is 4.66. The lowest BCUT2D eigenvalue weighted by Crippen LogP contribution is -2.02. The SMILES string of the molecule is CCCOc1ccc(CNc2ccnc3cc(F)ccc23)cn1. The van der Waals surface area contributed by atoms with E-state index in [4.69, 9.17) is 4.74 Å². The number of nitrogens with zero attached hydrogens (tertiary/aromatic N) is 2. The molecule has 4 nitrogen and oxygen atoms in total. The second-order valence-electron chi connectivity index (χ2n) is 5.23. The van der Waals surface area contributed by atoms with Crippen molar-refractivity contribution in [3.8, 4) is 5.88 Å². The zero-order chi connectivity index (χ0) is 16.1. The molecule has 0 fully saturated rings. The maximum atomic E-state index is 13.3. The van der Waals surface area contributed by atoms with Gasteiger partial charge in [-0.05, 0) is 30.2 Å². The van der Waals surface area contributed by atoms with Gasteiger partial charge in [0, 0.05) is 42.1 Å². The first kappa shape index (κ1) is 15.2. The van der Waals surface area contributed by atoms with Gasteiger partial charge in [-0.2, -0.15) is 0 Å². The van der Waals surface area contributed by atoms with Gasteiger partial charge in [-0.15, -0.1) is 0 Å². The van der Waals surface area contributed by atoms with Gasteiger partial charge in [-0.25, -0.2) is 9.37 Å². The number of hydrogen-bond donors (Lipinski definition) is 1. The Morgan fingerprint density at radius 2 is 2.04 bits per heavy atom. The summed E-state index contributed by atoms with van der Waals surface area (Å²) in [5.74, 6) is 0.356. The summed E-state index contributed by atoms with van der Waals surface area (Å²) >= 11 is 0. The van der Waals surface area contributed by atoms with E-state index < -0.39 is 0 Å². The zero-order valence-corrected chi connectivity index (χ0v) is 12.9. The highest BCUT2D eigenvalue weighted by molar-refractivity contribution is 5.90. The molecule has 2 heterocycles. The molecule has 0 bridgehead atoms. The molecule has 0 aliphatic heterocycles. The Balaban J connectivity index is 1.71. The summed E-state index contributed by atoms with van der Waals surface area (Å²) in [5, 5.41) is 4.24. The van der Waals surface area contributed by atoms with Crippen LogP contribution in [0, 0.1) is 5.82 Å². The van der Waals surface area contributed by atoms with E-state index in [1.165, 1.54) is 12.1 Å². The van der Waals surface area contributed by atoms with Gasteiger partial charge in [0.05, 0.1) is 12.1 Å². The summed E-state index contributed by atoms with van der Waals surface area (Å²) in [5.41, 5.74) is 2.60. The van der Waals surface area contributed by atoms with Gasteiger partial charge < -0.3 is 10.1 Å². The van der Waals surface area contributed by atoms with Crippen molar-refractivity contribution >= 4 is 16.6 Å². The average Bonchev–Trinajstić information content (AvgIpc) is 2.58. The number of aromatic nitrogens is 2. The summed E-state index contributed by atoms with van der Waals surface area (Å²) in [7, 11) is 0. The summed E-state index contributed by atoms with van der Waals surface area (Å²) < 4.78 is 18.7. The van der Waals surface area contributed by atoms with Crippen molar-refractivity contribution in [3.63, 3.8) is 0 Å². The predicted octanol–water partition coefficient (Wildman–Crippen LogP) is 4.17. The van der Waals surface area contributed by atoms with Crippen molar-refractivity contribution in [1.82, 2.24) is 9.97 Å². The lowest BCUT2D eigenvalue weighted by atomic mass is 10.1. The molecule has 0 spiro atoms. The van der Waals surface area contributed by atoms with E-state index in [-0.39, 0.29) is 5.82 Å². The standard InChI is InChI=1S/C18H18FN3O/c1-2-9-23-18-6-3-13(12-22-18)11-21-16-7-8-20-17-10-14(19)4-5-15(16)17/h3-8,10,12H,2,9,11H2,1H3,(H,20,21). The smallest absolute Gasteiger partial charge is 0.213 e. The maximum absolute atomic E-state index is 13.3. The Morgan fingerprint density at radius 3 is 2.83 bits per heavy atom. The third-order valence-corrected chi connectivity index (χ3v) is 3.44. The number of fused-ring (bicyclic) bond motifs is 1. The van der Waals surface area contributed by atoms with Gasteiger partial charge in [0.1, 0.15) is 5.82 Å². The van der Waals surface area contributed by atoms with Crippen LogP contribution in [-0.2, 0) is 6.54 Å². The summed E-state index contributed by atoms with van der Waals surface area (Å²) in [4.78, 5) is 8.47. The van der Waals surface area contributed by atoms with Crippen LogP contribution in [0.5, 0.6) is 5.88 Å². The summed E-state index contributed by atoms with van der Waals surface area (Å²) in [6.07, 6.45) is 4.42. The molecule has 0 aliphatic rings. The largest absolute Gasteiger partial charge is 0.478 e. The minimum absolute atomic E-state index is 0.283. The molecule has 118 valence electrons. The first-order valence-corrected chi connectivity index (χ1v) is 7.62. The normalized spacial score (nSPS) is 10.7. The van der Waals surface area contributed by atoms with E-state index in [0.717, 1.165) is 23.1 Å². The lowest BCUT2D eigenvalue weighted by Gasteiger charge is -2.10. The number of pyridine rings is 2. The number of hydrogen-bond acceptors (Lipinski definition) is 4. The van der Waals surface area contributed by atoms with Crippen LogP contribution in [0.3, 0.4) is 0 Å². The van der Waals surface area contributed by atoms with E-state index in [2.05, 4.69) is 22.2 Å². The van der Waals surface area contributed by atoms with E-state index in [9.17, 15) is 4.39 Å². The minimum Gasteiger partial charge on any atom is -0.478 e. The highest BCUT2D eigenvalue weighted by Crippen LogP contribution is 2.22. The van der Waals surface area contributed by atoms with Crippen LogP contribution in [0.1, 0.15) is 18.9 Å². The quantitative estimate of drug-likeness (QED) is 0.742. The fourth-order valence-electron chi connectivity index (χ4n) is 2.28. The van der Waals surface area contributed by atoms with Gasteiger partial charge in [0.25, 0.3) is 0 Å². The van der Waals surface area contributed by atoms with E-state index in [1.54, 1.807) is 18.5 Å². The van der Waals surface area contributed by atoms with Crippen LogP contribution in [0.25, 0.3) is 10.9 Å². The van der Waals surface area contributed by atoms with E-state index >= 15 is 0 Å². The number of halogens is 1. The van der Waals surface area contributed by atoms with Crippen molar-refractivity contribution in [2.75, 3.05) is 11.9 Å². The molecule has 3 rings (SSSR count). The Hall–Kier alpha value is -2.69. The zero-order valence-electron chi connectivity index (χ0n) is 12.9. The third kappa shape index (κ3) is 3.74. The number of rotatable bonds is 6. The Bertz CT molecular complexity index is 790.